The van der Waals surface area contributed by atoms with Gasteiger partial charge in [-0.1, -0.05) is 0 Å². The molecule has 0 bridgehead atoms. The molecular weight excluding hydrogens is 334 g/mol. The van der Waals surface area contributed by atoms with Gasteiger partial charge in [0.05, 0.1) is 19.2 Å². The monoisotopic (exact) mass is 348 g/mol. The third-order valence-electron chi connectivity index (χ3n) is 3.18. The van der Waals surface area contributed by atoms with Crippen molar-refractivity contribution in [1.82, 2.24) is 5.32 Å². The largest absolute Gasteiger partial charge is 0.465 e. The second-order valence-electron chi connectivity index (χ2n) is 4.93. The summed E-state index contributed by atoms with van der Waals surface area (Å²) in [5, 5.41) is 4.70. The Balaban J connectivity index is 1.89. The third-order valence-corrected chi connectivity index (χ3v) is 3.18. The quantitative estimate of drug-likeness (QED) is 0.811. The van der Waals surface area contributed by atoms with Gasteiger partial charge >= 0.3 is 5.97 Å². The number of halogens is 2. The van der Waals surface area contributed by atoms with Crippen LogP contribution in [0.25, 0.3) is 0 Å². The molecule has 0 aliphatic heterocycles. The Labute approximate surface area is 141 Å². The van der Waals surface area contributed by atoms with Gasteiger partial charge in [-0.05, 0) is 36.4 Å². The molecule has 0 unspecified atom stereocenters. The van der Waals surface area contributed by atoms with E-state index in [1.54, 1.807) is 0 Å². The summed E-state index contributed by atoms with van der Waals surface area (Å²) in [6, 6.07) is 8.57. The molecule has 0 aromatic heterocycles. The van der Waals surface area contributed by atoms with Crippen LogP contribution in [-0.4, -0.2) is 31.4 Å². The lowest BCUT2D eigenvalue weighted by atomic mass is 10.1. The topological polar surface area (TPSA) is 84.5 Å². The number of esters is 1. The van der Waals surface area contributed by atoms with Gasteiger partial charge in [0, 0.05) is 17.3 Å². The number of carbonyl (C=O) groups excluding carboxylic acids is 3. The van der Waals surface area contributed by atoms with Crippen LogP contribution in [-0.2, 0) is 9.53 Å². The molecule has 2 N–H and O–H groups in total. The Bertz CT molecular complexity index is 807. The van der Waals surface area contributed by atoms with Crippen LogP contribution < -0.4 is 10.6 Å². The summed E-state index contributed by atoms with van der Waals surface area (Å²) in [7, 11) is 1.24. The Hall–Kier alpha value is -3.29. The highest BCUT2D eigenvalue weighted by Gasteiger charge is 2.11. The standard InChI is InChI=1S/C17H14F2N2O4/c1-25-17(24)11-4-2-10(3-5-11)16(23)20-9-15(22)21-12-6-7-13(18)14(19)8-12/h2-8H,9H2,1H3,(H,20,23)(H,21,22). The van der Waals surface area contributed by atoms with Gasteiger partial charge in [0.1, 0.15) is 0 Å². The lowest BCUT2D eigenvalue weighted by Crippen LogP contribution is -2.32. The first-order valence-corrected chi connectivity index (χ1v) is 7.12. The van der Waals surface area contributed by atoms with Crippen LogP contribution in [0.4, 0.5) is 14.5 Å². The number of anilines is 1. The Kier molecular flexibility index (Phi) is 5.78. The summed E-state index contributed by atoms with van der Waals surface area (Å²) in [4.78, 5) is 35.0. The van der Waals surface area contributed by atoms with E-state index in [1.165, 1.54) is 37.4 Å². The number of hydrogen-bond acceptors (Lipinski definition) is 4. The highest BCUT2D eigenvalue weighted by Crippen LogP contribution is 2.12. The van der Waals surface area contributed by atoms with Crippen molar-refractivity contribution in [2.45, 2.75) is 0 Å². The normalized spacial score (nSPS) is 10.0. The fraction of sp³-hybridized carbons (Fsp3) is 0.118. The van der Waals surface area contributed by atoms with E-state index in [0.29, 0.717) is 0 Å². The molecule has 2 aromatic carbocycles. The van der Waals surface area contributed by atoms with Gasteiger partial charge in [0.15, 0.2) is 11.6 Å². The SMILES string of the molecule is COC(=O)c1ccc(C(=O)NCC(=O)Nc2ccc(F)c(F)c2)cc1. The number of amides is 2. The Morgan fingerprint density at radius 3 is 2.20 bits per heavy atom. The van der Waals surface area contributed by atoms with Crippen molar-refractivity contribution in [2.24, 2.45) is 0 Å². The highest BCUT2D eigenvalue weighted by atomic mass is 19.2. The van der Waals surface area contributed by atoms with Crippen molar-refractivity contribution >= 4 is 23.5 Å². The van der Waals surface area contributed by atoms with Crippen molar-refractivity contribution in [2.75, 3.05) is 19.0 Å². The molecule has 0 aliphatic rings. The van der Waals surface area contributed by atoms with Crippen molar-refractivity contribution in [1.29, 1.82) is 0 Å². The van der Waals surface area contributed by atoms with Gasteiger partial charge in [0.2, 0.25) is 5.91 Å². The maximum atomic E-state index is 13.1. The molecule has 2 aromatic rings. The van der Waals surface area contributed by atoms with E-state index in [1.807, 2.05) is 0 Å². The van der Waals surface area contributed by atoms with Gasteiger partial charge in [-0.2, -0.15) is 0 Å². The number of rotatable bonds is 5. The predicted molar refractivity (Wildman–Crippen MR) is 85.1 cm³/mol. The van der Waals surface area contributed by atoms with Gasteiger partial charge in [-0.3, -0.25) is 9.59 Å². The molecule has 6 nitrogen and oxygen atoms in total. The predicted octanol–water partition coefficient (Wildman–Crippen LogP) is 2.12. The summed E-state index contributed by atoms with van der Waals surface area (Å²) in [6.45, 7) is -0.365. The summed E-state index contributed by atoms with van der Waals surface area (Å²) in [6.07, 6.45) is 0. The summed E-state index contributed by atoms with van der Waals surface area (Å²) < 4.78 is 30.4. The van der Waals surface area contributed by atoms with Crippen LogP contribution in [0, 0.1) is 11.6 Å². The zero-order valence-corrected chi connectivity index (χ0v) is 13.1. The van der Waals surface area contributed by atoms with Gasteiger partial charge in [-0.15, -0.1) is 0 Å². The maximum absolute atomic E-state index is 13.1. The number of carbonyl (C=O) groups is 3. The van der Waals surface area contributed by atoms with Crippen molar-refractivity contribution in [3.05, 3.63) is 65.2 Å². The van der Waals surface area contributed by atoms with E-state index in [2.05, 4.69) is 15.4 Å². The minimum atomic E-state index is -1.09. The highest BCUT2D eigenvalue weighted by molar-refractivity contribution is 6.00. The molecule has 0 aliphatic carbocycles. The van der Waals surface area contributed by atoms with Crippen molar-refractivity contribution in [3.63, 3.8) is 0 Å². The minimum absolute atomic E-state index is 0.0700. The molecule has 0 saturated carbocycles. The zero-order chi connectivity index (χ0) is 18.4. The van der Waals surface area contributed by atoms with Crippen LogP contribution in [0.15, 0.2) is 42.5 Å². The van der Waals surface area contributed by atoms with Crippen LogP contribution in [0.1, 0.15) is 20.7 Å². The number of hydrogen-bond donors (Lipinski definition) is 2. The van der Waals surface area contributed by atoms with Gasteiger partial charge in [0.25, 0.3) is 5.91 Å². The van der Waals surface area contributed by atoms with Crippen LogP contribution in [0.2, 0.25) is 0 Å². The fourth-order valence-electron chi connectivity index (χ4n) is 1.92. The molecular formula is C17H14F2N2O4. The van der Waals surface area contributed by atoms with E-state index in [4.69, 9.17) is 0 Å². The molecule has 0 heterocycles. The third kappa shape index (κ3) is 4.84. The molecule has 2 amide bonds. The number of nitrogens with one attached hydrogen (secondary N) is 2. The first kappa shape index (κ1) is 18.1. The lowest BCUT2D eigenvalue weighted by Gasteiger charge is -2.08. The van der Waals surface area contributed by atoms with Crippen LogP contribution in [0.3, 0.4) is 0 Å². The Morgan fingerprint density at radius 2 is 1.60 bits per heavy atom. The van der Waals surface area contributed by atoms with Gasteiger partial charge in [-0.25, -0.2) is 13.6 Å². The molecule has 130 valence electrons. The average molecular weight is 348 g/mol. The molecule has 25 heavy (non-hydrogen) atoms. The molecule has 0 spiro atoms. The van der Waals surface area contributed by atoms with E-state index in [0.717, 1.165) is 12.1 Å². The molecule has 0 saturated heterocycles. The smallest absolute Gasteiger partial charge is 0.337 e. The molecule has 2 rings (SSSR count). The van der Waals surface area contributed by atoms with Gasteiger partial charge < -0.3 is 15.4 Å². The second-order valence-corrected chi connectivity index (χ2v) is 4.93. The first-order chi connectivity index (χ1) is 11.9. The average Bonchev–Trinajstić information content (AvgIpc) is 2.62. The number of ether oxygens (including phenoxy) is 1. The van der Waals surface area contributed by atoms with Crippen LogP contribution >= 0.6 is 0 Å². The molecule has 8 heteroatoms. The zero-order valence-electron chi connectivity index (χ0n) is 13.1. The summed E-state index contributed by atoms with van der Waals surface area (Å²) in [5.41, 5.74) is 0.601. The summed E-state index contributed by atoms with van der Waals surface area (Å²) in [5.74, 6) is -3.78. The van der Waals surface area contributed by atoms with E-state index in [9.17, 15) is 23.2 Å². The lowest BCUT2D eigenvalue weighted by molar-refractivity contribution is -0.115. The van der Waals surface area contributed by atoms with Crippen molar-refractivity contribution in [3.8, 4) is 0 Å². The Morgan fingerprint density at radius 1 is 0.960 bits per heavy atom. The molecule has 0 fully saturated rings. The number of benzene rings is 2. The van der Waals surface area contributed by atoms with Crippen LogP contribution in [0.5, 0.6) is 0 Å². The number of methoxy groups -OCH3 is 1. The minimum Gasteiger partial charge on any atom is -0.465 e. The fourth-order valence-corrected chi connectivity index (χ4v) is 1.92. The molecule has 0 atom stereocenters. The first-order valence-electron chi connectivity index (χ1n) is 7.12. The van der Waals surface area contributed by atoms with E-state index >= 15 is 0 Å². The van der Waals surface area contributed by atoms with E-state index in [-0.39, 0.29) is 23.4 Å². The maximum Gasteiger partial charge on any atom is 0.337 e. The van der Waals surface area contributed by atoms with Crippen molar-refractivity contribution < 1.29 is 27.9 Å². The second kappa shape index (κ2) is 8.00. The van der Waals surface area contributed by atoms with E-state index < -0.39 is 29.4 Å². The molecule has 0 radical (unpaired) electrons. The summed E-state index contributed by atoms with van der Waals surface area (Å²) >= 11 is 0.